The summed E-state index contributed by atoms with van der Waals surface area (Å²) in [5.41, 5.74) is -2.10. The van der Waals surface area contributed by atoms with Gasteiger partial charge in [-0.2, -0.15) is 0 Å². The molecule has 1 aliphatic rings. The van der Waals surface area contributed by atoms with Crippen LogP contribution in [0.4, 0.5) is 9.18 Å². The number of aromatic nitrogens is 3. The van der Waals surface area contributed by atoms with Gasteiger partial charge in [-0.25, -0.2) is 9.18 Å². The Hall–Kier alpha value is -1.66. The molecule has 0 unspecified atom stereocenters. The van der Waals surface area contributed by atoms with Gasteiger partial charge in [0.25, 0.3) is 0 Å². The third-order valence-electron chi connectivity index (χ3n) is 3.64. The van der Waals surface area contributed by atoms with Crippen molar-refractivity contribution >= 4 is 6.09 Å². The standard InChI is InChI=1S/C14H23FN4O2/c1-10-8-14(15,11-17-16-9-18(11)5)6-7-19(10)12(20)21-13(2,3)4/h9-10H,6-8H2,1-5H3/t10-,14+/m1/s1. The van der Waals surface area contributed by atoms with E-state index >= 15 is 4.39 Å². The number of carbonyl (C=O) groups is 1. The molecule has 1 fully saturated rings. The summed E-state index contributed by atoms with van der Waals surface area (Å²) >= 11 is 0. The van der Waals surface area contributed by atoms with Crippen molar-refractivity contribution in [1.29, 1.82) is 0 Å². The van der Waals surface area contributed by atoms with E-state index in [-0.39, 0.29) is 18.9 Å². The van der Waals surface area contributed by atoms with E-state index in [1.165, 1.54) is 6.33 Å². The number of hydrogen-bond acceptors (Lipinski definition) is 4. The highest BCUT2D eigenvalue weighted by Crippen LogP contribution is 2.38. The monoisotopic (exact) mass is 298 g/mol. The average Bonchev–Trinajstić information content (AvgIpc) is 2.73. The van der Waals surface area contributed by atoms with Gasteiger partial charge in [-0.3, -0.25) is 0 Å². The maximum Gasteiger partial charge on any atom is 0.410 e. The number of likely N-dealkylation sites (tertiary alicyclic amines) is 1. The van der Waals surface area contributed by atoms with E-state index in [1.54, 1.807) is 16.5 Å². The number of piperidine rings is 1. The minimum atomic E-state index is -1.55. The lowest BCUT2D eigenvalue weighted by atomic mass is 9.88. The van der Waals surface area contributed by atoms with Crippen molar-refractivity contribution in [1.82, 2.24) is 19.7 Å². The largest absolute Gasteiger partial charge is 0.444 e. The molecule has 0 saturated carbocycles. The van der Waals surface area contributed by atoms with Gasteiger partial charge in [0.15, 0.2) is 11.5 Å². The predicted molar refractivity (Wildman–Crippen MR) is 75.4 cm³/mol. The Morgan fingerprint density at radius 3 is 2.67 bits per heavy atom. The van der Waals surface area contributed by atoms with Gasteiger partial charge >= 0.3 is 6.09 Å². The van der Waals surface area contributed by atoms with Crippen molar-refractivity contribution in [3.05, 3.63) is 12.2 Å². The van der Waals surface area contributed by atoms with E-state index in [2.05, 4.69) is 10.2 Å². The van der Waals surface area contributed by atoms with Crippen LogP contribution in [0.3, 0.4) is 0 Å². The van der Waals surface area contributed by atoms with E-state index in [0.717, 1.165) is 0 Å². The highest BCUT2D eigenvalue weighted by atomic mass is 19.1. The van der Waals surface area contributed by atoms with E-state index in [0.29, 0.717) is 12.4 Å². The lowest BCUT2D eigenvalue weighted by Crippen LogP contribution is -2.50. The van der Waals surface area contributed by atoms with Crippen molar-refractivity contribution in [2.24, 2.45) is 7.05 Å². The second-order valence-corrected chi connectivity index (χ2v) is 6.71. The maximum atomic E-state index is 15.1. The van der Waals surface area contributed by atoms with Gasteiger partial charge in [0.05, 0.1) is 0 Å². The normalized spacial score (nSPS) is 26.8. The molecule has 2 atom stereocenters. The van der Waals surface area contributed by atoms with Crippen LogP contribution in [0.1, 0.15) is 46.4 Å². The summed E-state index contributed by atoms with van der Waals surface area (Å²) in [7, 11) is 1.72. The van der Waals surface area contributed by atoms with Crippen LogP contribution in [0.5, 0.6) is 0 Å². The van der Waals surface area contributed by atoms with Crippen LogP contribution in [0.25, 0.3) is 0 Å². The molecule has 2 rings (SSSR count). The lowest BCUT2D eigenvalue weighted by molar-refractivity contribution is -0.0188. The molecular weight excluding hydrogens is 275 g/mol. The Morgan fingerprint density at radius 1 is 1.52 bits per heavy atom. The molecule has 0 radical (unpaired) electrons. The van der Waals surface area contributed by atoms with E-state index in [1.807, 2.05) is 27.7 Å². The number of aryl methyl sites for hydroxylation is 1. The number of carbonyl (C=O) groups excluding carboxylic acids is 1. The van der Waals surface area contributed by atoms with Crippen LogP contribution in [0, 0.1) is 0 Å². The van der Waals surface area contributed by atoms with E-state index in [9.17, 15) is 4.79 Å². The second-order valence-electron chi connectivity index (χ2n) is 6.71. The number of alkyl halides is 1. The molecule has 1 saturated heterocycles. The van der Waals surface area contributed by atoms with Gasteiger partial charge < -0.3 is 14.2 Å². The molecule has 0 aromatic carbocycles. The maximum absolute atomic E-state index is 15.1. The van der Waals surface area contributed by atoms with Crippen LogP contribution in [0.2, 0.25) is 0 Å². The molecular formula is C14H23FN4O2. The van der Waals surface area contributed by atoms with Crippen molar-refractivity contribution in [2.45, 2.75) is 57.8 Å². The number of nitrogens with zero attached hydrogens (tertiary/aromatic N) is 4. The molecule has 1 amide bonds. The summed E-state index contributed by atoms with van der Waals surface area (Å²) in [5.74, 6) is 0.318. The van der Waals surface area contributed by atoms with Gasteiger partial charge in [-0.15, -0.1) is 10.2 Å². The topological polar surface area (TPSA) is 60.2 Å². The minimum Gasteiger partial charge on any atom is -0.444 e. The Bertz CT molecular complexity index is 525. The van der Waals surface area contributed by atoms with Crippen LogP contribution in [-0.4, -0.2) is 43.9 Å². The minimum absolute atomic E-state index is 0.193. The highest BCUT2D eigenvalue weighted by Gasteiger charge is 2.45. The number of hydrogen-bond donors (Lipinski definition) is 0. The van der Waals surface area contributed by atoms with Gasteiger partial charge in [0.1, 0.15) is 11.9 Å². The van der Waals surface area contributed by atoms with Crippen molar-refractivity contribution in [3.8, 4) is 0 Å². The van der Waals surface area contributed by atoms with Crippen LogP contribution in [0.15, 0.2) is 6.33 Å². The Morgan fingerprint density at radius 2 is 2.19 bits per heavy atom. The van der Waals surface area contributed by atoms with Crippen LogP contribution < -0.4 is 0 Å². The van der Waals surface area contributed by atoms with Crippen molar-refractivity contribution < 1.29 is 13.9 Å². The molecule has 0 N–H and O–H groups in total. The zero-order valence-electron chi connectivity index (χ0n) is 13.3. The summed E-state index contributed by atoms with van der Waals surface area (Å²) in [6, 6.07) is -0.254. The Balaban J connectivity index is 2.09. The third kappa shape index (κ3) is 3.33. The Kier molecular flexibility index (Phi) is 3.95. The van der Waals surface area contributed by atoms with Gasteiger partial charge in [0, 0.05) is 32.5 Å². The first-order chi connectivity index (χ1) is 9.62. The molecule has 1 aromatic heterocycles. The van der Waals surface area contributed by atoms with E-state index < -0.39 is 17.4 Å². The van der Waals surface area contributed by atoms with Crippen molar-refractivity contribution in [3.63, 3.8) is 0 Å². The summed E-state index contributed by atoms with van der Waals surface area (Å²) in [6.07, 6.45) is 1.48. The summed E-state index contributed by atoms with van der Waals surface area (Å²) in [5, 5.41) is 7.62. The fraction of sp³-hybridized carbons (Fsp3) is 0.786. The number of amides is 1. The zero-order valence-corrected chi connectivity index (χ0v) is 13.3. The average molecular weight is 298 g/mol. The summed E-state index contributed by atoms with van der Waals surface area (Å²) < 4.78 is 22.1. The third-order valence-corrected chi connectivity index (χ3v) is 3.64. The number of rotatable bonds is 1. The molecule has 0 bridgehead atoms. The first-order valence-corrected chi connectivity index (χ1v) is 7.15. The number of halogens is 1. The molecule has 1 aliphatic heterocycles. The van der Waals surface area contributed by atoms with Crippen molar-refractivity contribution in [2.75, 3.05) is 6.54 Å². The molecule has 118 valence electrons. The highest BCUT2D eigenvalue weighted by molar-refractivity contribution is 5.68. The van der Waals surface area contributed by atoms with Crippen LogP contribution >= 0.6 is 0 Å². The molecule has 2 heterocycles. The van der Waals surface area contributed by atoms with Crippen LogP contribution in [-0.2, 0) is 17.5 Å². The fourth-order valence-electron chi connectivity index (χ4n) is 2.68. The number of ether oxygens (including phenoxy) is 1. The molecule has 7 heteroatoms. The molecule has 6 nitrogen and oxygen atoms in total. The van der Waals surface area contributed by atoms with Gasteiger partial charge in [-0.1, -0.05) is 0 Å². The molecule has 21 heavy (non-hydrogen) atoms. The van der Waals surface area contributed by atoms with Gasteiger partial charge in [-0.05, 0) is 27.7 Å². The first kappa shape index (κ1) is 15.7. The predicted octanol–water partition coefficient (Wildman–Crippen LogP) is 2.40. The first-order valence-electron chi connectivity index (χ1n) is 7.15. The summed E-state index contributed by atoms with van der Waals surface area (Å²) in [4.78, 5) is 13.7. The zero-order chi connectivity index (χ0) is 15.8. The fourth-order valence-corrected chi connectivity index (χ4v) is 2.68. The Labute approximate surface area is 124 Å². The van der Waals surface area contributed by atoms with E-state index in [4.69, 9.17) is 4.74 Å². The lowest BCUT2D eigenvalue weighted by Gasteiger charge is -2.40. The van der Waals surface area contributed by atoms with Gasteiger partial charge in [0.2, 0.25) is 0 Å². The smallest absolute Gasteiger partial charge is 0.410 e. The SMILES string of the molecule is C[C@@H]1C[C@](F)(c2nncn2C)CCN1C(=O)OC(C)(C)C. The molecule has 0 spiro atoms. The molecule has 1 aromatic rings. The summed E-state index contributed by atoms with van der Waals surface area (Å²) in [6.45, 7) is 7.59. The molecule has 0 aliphatic carbocycles. The second kappa shape index (κ2) is 5.27. The quantitative estimate of drug-likeness (QED) is 0.799.